The summed E-state index contributed by atoms with van der Waals surface area (Å²) in [7, 11) is 2.18. The number of fused-ring (bicyclic) bond motifs is 1. The molecule has 1 atom stereocenters. The van der Waals surface area contributed by atoms with E-state index in [1.54, 1.807) is 0 Å². The molecule has 2 heteroatoms. The Morgan fingerprint density at radius 1 is 1.38 bits per heavy atom. The van der Waals surface area contributed by atoms with Crippen LogP contribution in [0.1, 0.15) is 25.3 Å². The van der Waals surface area contributed by atoms with Gasteiger partial charge >= 0.3 is 0 Å². The maximum atomic E-state index is 3.70. The lowest BCUT2D eigenvalue weighted by Crippen LogP contribution is -2.18. The van der Waals surface area contributed by atoms with Gasteiger partial charge in [0.1, 0.15) is 0 Å². The number of nitrogens with zero attached hydrogens (tertiary/aromatic N) is 1. The summed E-state index contributed by atoms with van der Waals surface area (Å²) in [6.07, 6.45) is 4.00. The lowest BCUT2D eigenvalue weighted by atomic mass is 10.1. The van der Waals surface area contributed by atoms with E-state index in [1.807, 2.05) is 0 Å². The second-order valence-corrected chi connectivity index (χ2v) is 5.25. The quantitative estimate of drug-likeness (QED) is 0.835. The molecule has 1 fully saturated rings. The average molecular weight is 216 g/mol. The smallest absolute Gasteiger partial charge is 0.0417 e. The summed E-state index contributed by atoms with van der Waals surface area (Å²) in [5.74, 6) is 0.912. The molecule has 0 spiro atoms. The van der Waals surface area contributed by atoms with Gasteiger partial charge in [-0.05, 0) is 44.2 Å². The van der Waals surface area contributed by atoms with Crippen LogP contribution in [0.3, 0.4) is 0 Å². The maximum Gasteiger partial charge on any atom is 0.0417 e. The fourth-order valence-electron chi connectivity index (χ4n) is 2.69. The molecule has 0 amide bonds. The number of hydrogen-bond donors (Lipinski definition) is 1. The molecular weight excluding hydrogens is 196 g/mol. The van der Waals surface area contributed by atoms with E-state index in [1.165, 1.54) is 36.2 Å². The zero-order chi connectivity index (χ0) is 11.1. The first-order valence-corrected chi connectivity index (χ1v) is 6.35. The summed E-state index contributed by atoms with van der Waals surface area (Å²) in [6.45, 7) is 3.47. The number of rotatable bonds is 3. The van der Waals surface area contributed by atoms with Gasteiger partial charge in [-0.25, -0.2) is 0 Å². The Morgan fingerprint density at radius 2 is 2.19 bits per heavy atom. The molecule has 1 unspecified atom stereocenters. The molecule has 0 aromatic heterocycles. The second-order valence-electron chi connectivity index (χ2n) is 5.25. The Morgan fingerprint density at radius 3 is 2.94 bits per heavy atom. The largest absolute Gasteiger partial charge is 0.382 e. The third-order valence-corrected chi connectivity index (χ3v) is 3.97. The molecular formula is C14H20N2. The average Bonchev–Trinajstić information content (AvgIpc) is 3.05. The predicted molar refractivity (Wildman–Crippen MR) is 69.2 cm³/mol. The second kappa shape index (κ2) is 3.69. The van der Waals surface area contributed by atoms with Crippen LogP contribution in [-0.4, -0.2) is 19.6 Å². The van der Waals surface area contributed by atoms with Crippen molar-refractivity contribution < 1.29 is 0 Å². The number of hydrogen-bond acceptors (Lipinski definition) is 2. The standard InChI is InChI=1S/C14H20N2/c1-10(11-6-7-11)15-13-4-3-5-14-12(13)8-9-16(14)2/h3-5,10-11,15H,6-9H2,1-2H3. The Bertz CT molecular complexity index is 396. The molecule has 2 aliphatic rings. The first-order chi connectivity index (χ1) is 7.75. The van der Waals surface area contributed by atoms with Gasteiger partial charge in [-0.2, -0.15) is 0 Å². The summed E-state index contributed by atoms with van der Waals surface area (Å²) in [5.41, 5.74) is 4.28. The lowest BCUT2D eigenvalue weighted by Gasteiger charge is -2.18. The van der Waals surface area contributed by atoms with Gasteiger partial charge in [0.2, 0.25) is 0 Å². The molecule has 1 aliphatic carbocycles. The maximum absolute atomic E-state index is 3.70. The molecule has 0 radical (unpaired) electrons. The van der Waals surface area contributed by atoms with Crippen molar-refractivity contribution in [3.63, 3.8) is 0 Å². The molecule has 1 aliphatic heterocycles. The minimum atomic E-state index is 0.636. The van der Waals surface area contributed by atoms with E-state index in [0.29, 0.717) is 6.04 Å². The Labute approximate surface area is 97.6 Å². The van der Waals surface area contributed by atoms with Crippen LogP contribution in [0.4, 0.5) is 11.4 Å². The summed E-state index contributed by atoms with van der Waals surface area (Å²) in [6, 6.07) is 7.27. The molecule has 0 bridgehead atoms. The van der Waals surface area contributed by atoms with Crippen molar-refractivity contribution in [3.8, 4) is 0 Å². The van der Waals surface area contributed by atoms with Crippen molar-refractivity contribution in [2.24, 2.45) is 5.92 Å². The molecule has 2 nitrogen and oxygen atoms in total. The van der Waals surface area contributed by atoms with E-state index in [9.17, 15) is 0 Å². The Balaban J connectivity index is 1.84. The third kappa shape index (κ3) is 1.66. The van der Waals surface area contributed by atoms with Crippen molar-refractivity contribution in [1.82, 2.24) is 0 Å². The lowest BCUT2D eigenvalue weighted by molar-refractivity contribution is 0.693. The SMILES string of the molecule is CC(Nc1cccc2c1CCN2C)C1CC1. The van der Waals surface area contributed by atoms with Crippen molar-refractivity contribution in [3.05, 3.63) is 23.8 Å². The summed E-state index contributed by atoms with van der Waals surface area (Å²) >= 11 is 0. The van der Waals surface area contributed by atoms with Crippen molar-refractivity contribution in [2.75, 3.05) is 23.8 Å². The van der Waals surface area contributed by atoms with E-state index in [0.717, 1.165) is 12.5 Å². The van der Waals surface area contributed by atoms with Gasteiger partial charge in [-0.3, -0.25) is 0 Å². The van der Waals surface area contributed by atoms with Gasteiger partial charge in [0.25, 0.3) is 0 Å². The predicted octanol–water partition coefficient (Wildman–Crippen LogP) is 2.89. The van der Waals surface area contributed by atoms with Crippen molar-refractivity contribution >= 4 is 11.4 Å². The molecule has 1 heterocycles. The van der Waals surface area contributed by atoms with Crippen LogP contribution in [0.15, 0.2) is 18.2 Å². The fraction of sp³-hybridized carbons (Fsp3) is 0.571. The third-order valence-electron chi connectivity index (χ3n) is 3.97. The highest BCUT2D eigenvalue weighted by Gasteiger charge is 2.28. The molecule has 1 aromatic rings. The van der Waals surface area contributed by atoms with E-state index < -0.39 is 0 Å². The molecule has 1 saturated carbocycles. The van der Waals surface area contributed by atoms with E-state index in [2.05, 4.69) is 42.4 Å². The minimum Gasteiger partial charge on any atom is -0.382 e. The topological polar surface area (TPSA) is 15.3 Å². The Kier molecular flexibility index (Phi) is 2.31. The van der Waals surface area contributed by atoms with Gasteiger partial charge in [0.05, 0.1) is 0 Å². The van der Waals surface area contributed by atoms with E-state index >= 15 is 0 Å². The van der Waals surface area contributed by atoms with Gasteiger partial charge in [0.15, 0.2) is 0 Å². The van der Waals surface area contributed by atoms with Gasteiger partial charge in [-0.1, -0.05) is 6.07 Å². The van der Waals surface area contributed by atoms with Gasteiger partial charge in [-0.15, -0.1) is 0 Å². The molecule has 16 heavy (non-hydrogen) atoms. The van der Waals surface area contributed by atoms with Crippen LogP contribution in [0, 0.1) is 5.92 Å². The van der Waals surface area contributed by atoms with Crippen molar-refractivity contribution in [1.29, 1.82) is 0 Å². The minimum absolute atomic E-state index is 0.636. The fourth-order valence-corrected chi connectivity index (χ4v) is 2.69. The summed E-state index contributed by atoms with van der Waals surface area (Å²) < 4.78 is 0. The van der Waals surface area contributed by atoms with Crippen LogP contribution in [0.5, 0.6) is 0 Å². The van der Waals surface area contributed by atoms with Gasteiger partial charge in [0, 0.05) is 36.6 Å². The van der Waals surface area contributed by atoms with E-state index in [4.69, 9.17) is 0 Å². The molecule has 1 aromatic carbocycles. The van der Waals surface area contributed by atoms with Crippen molar-refractivity contribution in [2.45, 2.75) is 32.2 Å². The number of anilines is 2. The summed E-state index contributed by atoms with van der Waals surface area (Å²) in [4.78, 5) is 2.35. The molecule has 1 N–H and O–H groups in total. The zero-order valence-corrected chi connectivity index (χ0v) is 10.2. The molecule has 86 valence electrons. The highest BCUT2D eigenvalue weighted by molar-refractivity contribution is 5.69. The number of benzene rings is 1. The van der Waals surface area contributed by atoms with Gasteiger partial charge < -0.3 is 10.2 Å². The van der Waals surface area contributed by atoms with Crippen LogP contribution in [0.25, 0.3) is 0 Å². The van der Waals surface area contributed by atoms with E-state index in [-0.39, 0.29) is 0 Å². The highest BCUT2D eigenvalue weighted by atomic mass is 15.1. The first-order valence-electron chi connectivity index (χ1n) is 6.35. The molecule has 0 saturated heterocycles. The first kappa shape index (κ1) is 10.0. The number of likely N-dealkylation sites (N-methyl/N-ethyl adjacent to an activating group) is 1. The zero-order valence-electron chi connectivity index (χ0n) is 10.2. The Hall–Kier alpha value is -1.18. The number of nitrogens with one attached hydrogen (secondary N) is 1. The monoisotopic (exact) mass is 216 g/mol. The van der Waals surface area contributed by atoms with Crippen LogP contribution < -0.4 is 10.2 Å². The molecule has 3 rings (SSSR count). The highest BCUT2D eigenvalue weighted by Crippen LogP contribution is 2.37. The van der Waals surface area contributed by atoms with Crippen LogP contribution >= 0.6 is 0 Å². The normalized spacial score (nSPS) is 20.8. The van der Waals surface area contributed by atoms with Crippen LogP contribution in [0.2, 0.25) is 0 Å². The summed E-state index contributed by atoms with van der Waals surface area (Å²) in [5, 5.41) is 3.70. The van der Waals surface area contributed by atoms with Crippen LogP contribution in [-0.2, 0) is 6.42 Å².